The van der Waals surface area contributed by atoms with Gasteiger partial charge in [0.05, 0.1) is 45.7 Å². The van der Waals surface area contributed by atoms with Crippen molar-refractivity contribution in [2.75, 3.05) is 102 Å². The smallest absolute Gasteiger partial charge is 0.307 e. The van der Waals surface area contributed by atoms with Crippen LogP contribution in [0.25, 0.3) is 0 Å². The third-order valence-electron chi connectivity index (χ3n) is 12.5. The highest BCUT2D eigenvalue weighted by molar-refractivity contribution is 5.85. The van der Waals surface area contributed by atoms with E-state index in [0.29, 0.717) is 38.9 Å². The number of halogens is 1. The molecule has 3 saturated heterocycles. The standard InChI is InChI=1S/C34H63NO7.C10H19NO5.C5H11NO2.C5H10O4.ClH/c1-5-7-9-11-13-15-17-19-21-23-32(37)41-30-28-39-29(27-40-31(36)25-26-35(3)4)34(30)42-33(38)24-22-20-18-16-14-12-10-8-6-2;1-11(2)4-3-9(13)16-6-8-10(14)7(12)5-15-8;1-6(2)4-3-5(7)8;6-1-4-5(8)3(7)2-9-4;/h29-30,34H,5-28H2,1-4H3;7-8,10,12,14H,3-6H2,1-2H3;3-4H2,1-2H3,(H,7,8);3-8H,1-2H2;1H/t29-,30+,34+;7-,8+,10+;;3-,4+,5+;/m10.0./s1. The van der Waals surface area contributed by atoms with Gasteiger partial charge in [-0.1, -0.05) is 117 Å². The summed E-state index contributed by atoms with van der Waals surface area (Å²) < 4.78 is 37.5. The molecule has 3 heterocycles. The van der Waals surface area contributed by atoms with Gasteiger partial charge in [0.1, 0.15) is 55.9 Å². The number of carboxylic acids is 1. The number of esters is 4. The molecular formula is C54H104ClN3O18. The van der Waals surface area contributed by atoms with Crippen LogP contribution in [0.15, 0.2) is 0 Å². The summed E-state index contributed by atoms with van der Waals surface area (Å²) in [6, 6.07) is 0. The molecule has 6 N–H and O–H groups in total. The van der Waals surface area contributed by atoms with E-state index >= 15 is 0 Å². The van der Waals surface area contributed by atoms with Crippen molar-refractivity contribution in [2.45, 2.75) is 216 Å². The number of unbranched alkanes of at least 4 members (excludes halogenated alkanes) is 16. The maximum absolute atomic E-state index is 12.7. The van der Waals surface area contributed by atoms with E-state index in [-0.39, 0.29) is 88.8 Å². The van der Waals surface area contributed by atoms with Crippen molar-refractivity contribution in [3.8, 4) is 0 Å². The van der Waals surface area contributed by atoms with E-state index in [0.717, 1.165) is 38.5 Å². The molecular weight excluding hydrogens is 1010 g/mol. The van der Waals surface area contributed by atoms with Crippen molar-refractivity contribution >= 4 is 42.3 Å². The number of carbonyl (C=O) groups excluding carboxylic acids is 4. The number of rotatable bonds is 36. The Balaban J connectivity index is 0. The monoisotopic (exact) mass is 1120 g/mol. The molecule has 3 aliphatic heterocycles. The van der Waals surface area contributed by atoms with Crippen molar-refractivity contribution in [1.82, 2.24) is 14.7 Å². The predicted molar refractivity (Wildman–Crippen MR) is 290 cm³/mol. The molecule has 0 spiro atoms. The van der Waals surface area contributed by atoms with Crippen LogP contribution < -0.4 is 0 Å². The Morgan fingerprint density at radius 1 is 0.461 bits per heavy atom. The minimum Gasteiger partial charge on any atom is -0.481 e. The number of carbonyl (C=O) groups is 5. The lowest BCUT2D eigenvalue weighted by molar-refractivity contribution is -0.168. The van der Waals surface area contributed by atoms with Crippen LogP contribution in [0.2, 0.25) is 0 Å². The molecule has 0 aromatic heterocycles. The first-order valence-electron chi connectivity index (χ1n) is 27.8. The Bertz CT molecular complexity index is 1470. The van der Waals surface area contributed by atoms with Gasteiger partial charge in [-0.05, 0) is 55.1 Å². The molecule has 9 atom stereocenters. The van der Waals surface area contributed by atoms with Crippen LogP contribution in [-0.4, -0.2) is 232 Å². The normalized spacial score (nSPS) is 22.6. The first kappa shape index (κ1) is 75.3. The zero-order valence-corrected chi connectivity index (χ0v) is 48.5. The van der Waals surface area contributed by atoms with Gasteiger partial charge in [0.15, 0.2) is 12.2 Å². The molecule has 0 aromatic rings. The minimum absolute atomic E-state index is 0. The number of hydrogen-bond acceptors (Lipinski definition) is 20. The second-order valence-corrected chi connectivity index (χ2v) is 20.5. The number of ether oxygens (including phenoxy) is 7. The highest BCUT2D eigenvalue weighted by atomic mass is 35.5. The molecule has 0 aromatic carbocycles. The zero-order chi connectivity index (χ0) is 56.4. The van der Waals surface area contributed by atoms with E-state index in [1.54, 1.807) is 0 Å². The van der Waals surface area contributed by atoms with E-state index in [2.05, 4.69) is 13.8 Å². The Morgan fingerprint density at radius 3 is 1.16 bits per heavy atom. The lowest BCUT2D eigenvalue weighted by Crippen LogP contribution is -2.40. The molecule has 3 rings (SSSR count). The Labute approximate surface area is 461 Å². The van der Waals surface area contributed by atoms with Crippen LogP contribution in [0, 0.1) is 0 Å². The summed E-state index contributed by atoms with van der Waals surface area (Å²) in [5, 5.41) is 52.9. The molecule has 0 radical (unpaired) electrons. The number of nitrogens with zero attached hydrogens (tertiary/aromatic N) is 3. The molecule has 0 aliphatic carbocycles. The lowest BCUT2D eigenvalue weighted by atomic mass is 10.1. The molecule has 0 amide bonds. The van der Waals surface area contributed by atoms with Crippen molar-refractivity contribution < 1.29 is 87.8 Å². The number of carboxylic acid groups (broad SMARTS) is 1. The van der Waals surface area contributed by atoms with Crippen LogP contribution in [0.1, 0.15) is 162 Å². The third kappa shape index (κ3) is 40.4. The molecule has 3 aliphatic rings. The van der Waals surface area contributed by atoms with Crippen LogP contribution >= 0.6 is 12.4 Å². The molecule has 3 fully saturated rings. The van der Waals surface area contributed by atoms with Crippen molar-refractivity contribution in [3.05, 3.63) is 0 Å². The van der Waals surface area contributed by atoms with Gasteiger partial charge < -0.3 is 78.5 Å². The van der Waals surface area contributed by atoms with E-state index in [9.17, 15) is 34.2 Å². The first-order chi connectivity index (χ1) is 35.7. The highest BCUT2D eigenvalue weighted by Gasteiger charge is 2.43. The van der Waals surface area contributed by atoms with Crippen molar-refractivity contribution in [3.63, 3.8) is 0 Å². The van der Waals surface area contributed by atoms with Gasteiger partial charge in [0.25, 0.3) is 0 Å². The summed E-state index contributed by atoms with van der Waals surface area (Å²) in [7, 11) is 11.2. The fourth-order valence-corrected chi connectivity index (χ4v) is 7.73. The maximum Gasteiger partial charge on any atom is 0.307 e. The molecule has 21 nitrogen and oxygen atoms in total. The van der Waals surface area contributed by atoms with Gasteiger partial charge in [-0.15, -0.1) is 12.4 Å². The molecule has 76 heavy (non-hydrogen) atoms. The van der Waals surface area contributed by atoms with E-state index < -0.39 is 60.9 Å². The Hall–Kier alpha value is -2.80. The molecule has 0 unspecified atom stereocenters. The van der Waals surface area contributed by atoms with Gasteiger partial charge in [-0.2, -0.15) is 0 Å². The van der Waals surface area contributed by atoms with Gasteiger partial charge in [-0.3, -0.25) is 24.0 Å². The topological polar surface area (TPSA) is 281 Å². The average molecular weight is 1120 g/mol. The molecule has 0 saturated carbocycles. The number of aliphatic hydroxyl groups is 5. The van der Waals surface area contributed by atoms with Gasteiger partial charge >= 0.3 is 29.8 Å². The number of hydrogen-bond donors (Lipinski definition) is 6. The van der Waals surface area contributed by atoms with Gasteiger partial charge in [0.2, 0.25) is 0 Å². The fourth-order valence-electron chi connectivity index (χ4n) is 7.73. The maximum atomic E-state index is 12.7. The van der Waals surface area contributed by atoms with Crippen molar-refractivity contribution in [2.24, 2.45) is 0 Å². The quantitative estimate of drug-likeness (QED) is 0.0282. The Kier molecular flexibility index (Phi) is 47.7. The van der Waals surface area contributed by atoms with E-state index in [1.807, 2.05) is 57.0 Å². The third-order valence-corrected chi connectivity index (χ3v) is 12.5. The summed E-state index contributed by atoms with van der Waals surface area (Å²) in [6.07, 6.45) is 15.6. The van der Waals surface area contributed by atoms with Crippen molar-refractivity contribution in [1.29, 1.82) is 0 Å². The molecule has 0 bridgehead atoms. The Morgan fingerprint density at radius 2 is 0.816 bits per heavy atom. The molecule has 450 valence electrons. The van der Waals surface area contributed by atoms with E-state index in [1.165, 1.54) is 77.0 Å². The lowest BCUT2D eigenvalue weighted by Gasteiger charge is -2.23. The largest absolute Gasteiger partial charge is 0.481 e. The SMILES string of the molecule is CCCCCCCCCCCC(=O)O[C@@H]1[C@@H](OC(=O)CCCCCCCCCCC)CO[C@@H]1COC(=O)CCN(C)C.CN(C)CCC(=O)O.CN(C)CCC(=O)OC[C@H]1OC[C@H](O)[C@H]1O.Cl.OC[C@H]1OC[C@H](O)[C@H]1O. The second-order valence-electron chi connectivity index (χ2n) is 20.5. The summed E-state index contributed by atoms with van der Waals surface area (Å²) in [4.78, 5) is 64.2. The highest BCUT2D eigenvalue weighted by Crippen LogP contribution is 2.24. The zero-order valence-electron chi connectivity index (χ0n) is 47.7. The van der Waals surface area contributed by atoms with Crippen LogP contribution in [-0.2, 0) is 57.1 Å². The molecule has 22 heteroatoms. The summed E-state index contributed by atoms with van der Waals surface area (Å²) in [6.45, 7) is 6.32. The second kappa shape index (κ2) is 48.1. The fraction of sp³-hybridized carbons (Fsp3) is 0.907. The van der Waals surface area contributed by atoms with Gasteiger partial charge in [-0.25, -0.2) is 0 Å². The summed E-state index contributed by atoms with van der Waals surface area (Å²) in [5.41, 5.74) is 0. The minimum atomic E-state index is -0.971. The van der Waals surface area contributed by atoms with Crippen LogP contribution in [0.4, 0.5) is 0 Å². The predicted octanol–water partition coefficient (Wildman–Crippen LogP) is 4.69. The van der Waals surface area contributed by atoms with Gasteiger partial charge in [0, 0.05) is 32.5 Å². The average Bonchev–Trinajstić information content (AvgIpc) is 4.02. The van der Waals surface area contributed by atoms with Crippen LogP contribution in [0.5, 0.6) is 0 Å². The van der Waals surface area contributed by atoms with E-state index in [4.69, 9.17) is 53.6 Å². The summed E-state index contributed by atoms with van der Waals surface area (Å²) in [5.74, 6) is -2.02. The number of aliphatic hydroxyl groups excluding tert-OH is 5. The first-order valence-corrected chi connectivity index (χ1v) is 27.8. The summed E-state index contributed by atoms with van der Waals surface area (Å²) >= 11 is 0. The number of aliphatic carboxylic acids is 1. The van der Waals surface area contributed by atoms with Crippen LogP contribution in [0.3, 0.4) is 0 Å².